The number of nitrogens with zero attached hydrogens (tertiary/aromatic N) is 1. The first-order valence-electron chi connectivity index (χ1n) is 4.27. The third kappa shape index (κ3) is 1.66. The lowest BCUT2D eigenvalue weighted by Crippen LogP contribution is -2.23. The fourth-order valence-electron chi connectivity index (χ4n) is 1.41. The van der Waals surface area contributed by atoms with Gasteiger partial charge in [0.25, 0.3) is 0 Å². The number of aromatic hydroxyl groups is 2. The first-order chi connectivity index (χ1) is 6.45. The molecule has 0 saturated carbocycles. The zero-order valence-corrected chi connectivity index (χ0v) is 8.01. The van der Waals surface area contributed by atoms with Crippen LogP contribution in [0.3, 0.4) is 0 Å². The zero-order chi connectivity index (χ0) is 10.9. The lowest BCUT2D eigenvalue weighted by Gasteiger charge is -2.19. The Hall–Kier alpha value is -1.65. The van der Waals surface area contributed by atoms with Gasteiger partial charge in [-0.1, -0.05) is 13.8 Å². The van der Waals surface area contributed by atoms with E-state index in [1.807, 2.05) is 0 Å². The smallest absolute Gasteiger partial charge is 0.327 e. The Balaban J connectivity index is 3.17. The van der Waals surface area contributed by atoms with E-state index in [9.17, 15) is 15.0 Å². The Morgan fingerprint density at radius 2 is 1.71 bits per heavy atom. The number of hydrogen-bond donors (Lipinski definition) is 3. The largest absolute Gasteiger partial charge is 0.494 e. The van der Waals surface area contributed by atoms with Crippen LogP contribution in [0.2, 0.25) is 0 Å². The van der Waals surface area contributed by atoms with Gasteiger partial charge in [0.15, 0.2) is 11.8 Å². The van der Waals surface area contributed by atoms with Crippen molar-refractivity contribution < 1.29 is 20.1 Å². The highest BCUT2D eigenvalue weighted by Gasteiger charge is 2.27. The van der Waals surface area contributed by atoms with Crippen LogP contribution in [0, 0.1) is 5.92 Å². The Morgan fingerprint density at radius 3 is 2.00 bits per heavy atom. The monoisotopic (exact) mass is 199 g/mol. The summed E-state index contributed by atoms with van der Waals surface area (Å²) in [4.78, 5) is 10.9. The van der Waals surface area contributed by atoms with Crippen molar-refractivity contribution in [2.45, 2.75) is 19.9 Å². The van der Waals surface area contributed by atoms with E-state index in [-0.39, 0.29) is 17.7 Å². The third-order valence-electron chi connectivity index (χ3n) is 2.04. The Labute approximate surface area is 81.2 Å². The van der Waals surface area contributed by atoms with Crippen molar-refractivity contribution in [1.82, 2.24) is 4.57 Å². The highest BCUT2D eigenvalue weighted by Crippen LogP contribution is 2.30. The average molecular weight is 199 g/mol. The van der Waals surface area contributed by atoms with E-state index in [4.69, 9.17) is 5.11 Å². The number of carboxylic acids is 1. The summed E-state index contributed by atoms with van der Waals surface area (Å²) in [6.07, 6.45) is 0. The van der Waals surface area contributed by atoms with Gasteiger partial charge >= 0.3 is 5.97 Å². The molecule has 5 heteroatoms. The van der Waals surface area contributed by atoms with Crippen molar-refractivity contribution in [3.05, 3.63) is 12.1 Å². The predicted molar refractivity (Wildman–Crippen MR) is 49.3 cm³/mol. The van der Waals surface area contributed by atoms with E-state index in [0.717, 1.165) is 4.57 Å². The lowest BCUT2D eigenvalue weighted by molar-refractivity contribution is -0.142. The molecule has 1 heterocycles. The summed E-state index contributed by atoms with van der Waals surface area (Å²) in [6.45, 7) is 3.41. The van der Waals surface area contributed by atoms with Crippen molar-refractivity contribution in [3.63, 3.8) is 0 Å². The summed E-state index contributed by atoms with van der Waals surface area (Å²) < 4.78 is 0.993. The molecule has 14 heavy (non-hydrogen) atoms. The van der Waals surface area contributed by atoms with Crippen LogP contribution in [0.5, 0.6) is 11.8 Å². The molecule has 0 fully saturated rings. The van der Waals surface area contributed by atoms with Crippen molar-refractivity contribution in [2.75, 3.05) is 0 Å². The molecule has 0 aliphatic carbocycles. The molecule has 0 amide bonds. The van der Waals surface area contributed by atoms with Crippen molar-refractivity contribution in [2.24, 2.45) is 5.92 Å². The maximum Gasteiger partial charge on any atom is 0.327 e. The summed E-state index contributed by atoms with van der Waals surface area (Å²) in [5.41, 5.74) is 0. The van der Waals surface area contributed by atoms with Crippen LogP contribution in [0.15, 0.2) is 12.1 Å². The molecule has 5 nitrogen and oxygen atoms in total. The number of aliphatic carboxylic acids is 1. The van der Waals surface area contributed by atoms with Crippen LogP contribution >= 0.6 is 0 Å². The minimum absolute atomic E-state index is 0.225. The number of rotatable bonds is 3. The summed E-state index contributed by atoms with van der Waals surface area (Å²) in [5.74, 6) is -1.80. The number of carboxylic acid groups (broad SMARTS) is 1. The molecular weight excluding hydrogens is 186 g/mol. The highest BCUT2D eigenvalue weighted by atomic mass is 16.4. The maximum absolute atomic E-state index is 10.9. The minimum Gasteiger partial charge on any atom is -0.494 e. The standard InChI is InChI=1S/C9H13NO4/c1-5(2)8(9(13)14)10-6(11)3-4-7(10)12/h3-5,8,11-12H,1-2H3,(H,13,14)/t8-/m0/s1. The van der Waals surface area contributed by atoms with E-state index in [1.54, 1.807) is 13.8 Å². The van der Waals surface area contributed by atoms with Gasteiger partial charge in [0.2, 0.25) is 0 Å². The third-order valence-corrected chi connectivity index (χ3v) is 2.04. The van der Waals surface area contributed by atoms with Crippen LogP contribution in [0.4, 0.5) is 0 Å². The second kappa shape index (κ2) is 3.61. The molecule has 0 bridgehead atoms. The number of hydrogen-bond acceptors (Lipinski definition) is 3. The molecule has 0 unspecified atom stereocenters. The topological polar surface area (TPSA) is 82.7 Å². The highest BCUT2D eigenvalue weighted by molar-refractivity contribution is 5.73. The lowest BCUT2D eigenvalue weighted by atomic mass is 10.0. The Bertz CT molecular complexity index is 323. The first-order valence-corrected chi connectivity index (χ1v) is 4.27. The molecule has 1 atom stereocenters. The van der Waals surface area contributed by atoms with Gasteiger partial charge in [-0.25, -0.2) is 4.79 Å². The van der Waals surface area contributed by atoms with Gasteiger partial charge in [0, 0.05) is 12.1 Å². The minimum atomic E-state index is -1.08. The molecule has 0 aromatic carbocycles. The van der Waals surface area contributed by atoms with Crippen LogP contribution in [0.1, 0.15) is 19.9 Å². The zero-order valence-electron chi connectivity index (χ0n) is 8.01. The van der Waals surface area contributed by atoms with Gasteiger partial charge in [-0.2, -0.15) is 0 Å². The van der Waals surface area contributed by atoms with Crippen molar-refractivity contribution >= 4 is 5.97 Å². The van der Waals surface area contributed by atoms with Gasteiger partial charge < -0.3 is 15.3 Å². The molecule has 1 aromatic rings. The fraction of sp³-hybridized carbons (Fsp3) is 0.444. The maximum atomic E-state index is 10.9. The molecule has 78 valence electrons. The molecule has 1 rings (SSSR count). The summed E-state index contributed by atoms with van der Waals surface area (Å²) in [7, 11) is 0. The molecule has 0 aliphatic heterocycles. The average Bonchev–Trinajstić information content (AvgIpc) is 2.34. The van der Waals surface area contributed by atoms with E-state index in [2.05, 4.69) is 0 Å². The van der Waals surface area contributed by atoms with E-state index >= 15 is 0 Å². The summed E-state index contributed by atoms with van der Waals surface area (Å²) in [6, 6.07) is 1.56. The van der Waals surface area contributed by atoms with Gasteiger partial charge in [0.05, 0.1) is 0 Å². The number of carbonyl (C=O) groups is 1. The Kier molecular flexibility index (Phi) is 2.69. The van der Waals surface area contributed by atoms with Crippen LogP contribution in [0.25, 0.3) is 0 Å². The molecule has 0 aliphatic rings. The normalized spacial score (nSPS) is 13.1. The van der Waals surface area contributed by atoms with Gasteiger partial charge in [-0.3, -0.25) is 4.57 Å². The van der Waals surface area contributed by atoms with Gasteiger partial charge in [0.1, 0.15) is 6.04 Å². The molecule has 1 aromatic heterocycles. The second-order valence-corrected chi connectivity index (χ2v) is 3.45. The fourth-order valence-corrected chi connectivity index (χ4v) is 1.41. The Morgan fingerprint density at radius 1 is 1.29 bits per heavy atom. The molecule has 0 radical (unpaired) electrons. The first kappa shape index (κ1) is 10.4. The van der Waals surface area contributed by atoms with Crippen molar-refractivity contribution in [1.29, 1.82) is 0 Å². The molecule has 3 N–H and O–H groups in total. The van der Waals surface area contributed by atoms with Gasteiger partial charge in [-0.15, -0.1) is 0 Å². The summed E-state index contributed by atoms with van der Waals surface area (Å²) >= 11 is 0. The molecular formula is C9H13NO4. The molecule has 0 spiro atoms. The molecule has 0 saturated heterocycles. The summed E-state index contributed by atoms with van der Waals surface area (Å²) in [5, 5.41) is 27.6. The van der Waals surface area contributed by atoms with Crippen LogP contribution < -0.4 is 0 Å². The van der Waals surface area contributed by atoms with Gasteiger partial charge in [-0.05, 0) is 5.92 Å². The quantitative estimate of drug-likeness (QED) is 0.682. The van der Waals surface area contributed by atoms with Crippen LogP contribution in [-0.4, -0.2) is 25.9 Å². The van der Waals surface area contributed by atoms with Crippen LogP contribution in [-0.2, 0) is 4.79 Å². The van der Waals surface area contributed by atoms with E-state index < -0.39 is 12.0 Å². The second-order valence-electron chi connectivity index (χ2n) is 3.45. The van der Waals surface area contributed by atoms with Crippen molar-refractivity contribution in [3.8, 4) is 11.8 Å². The predicted octanol–water partition coefficient (Wildman–Crippen LogP) is 1.18. The number of aromatic nitrogens is 1. The SMILES string of the molecule is CC(C)[C@@H](C(=O)O)n1c(O)ccc1O. The van der Waals surface area contributed by atoms with E-state index in [1.165, 1.54) is 12.1 Å². The van der Waals surface area contributed by atoms with E-state index in [0.29, 0.717) is 0 Å².